The van der Waals surface area contributed by atoms with E-state index in [4.69, 9.17) is 0 Å². The van der Waals surface area contributed by atoms with Crippen LogP contribution in [-0.2, 0) is 0 Å². The summed E-state index contributed by atoms with van der Waals surface area (Å²) in [6.07, 6.45) is -4.53. The number of rotatable bonds is 1. The average Bonchev–Trinajstić information content (AvgIpc) is 2.28. The predicted octanol–water partition coefficient (Wildman–Crippen LogP) is 1.73. The molecule has 17 heavy (non-hydrogen) atoms. The molecule has 4 nitrogen and oxygen atoms in total. The number of halogens is 3. The smallest absolute Gasteiger partial charge is 0.257 e. The summed E-state index contributed by atoms with van der Waals surface area (Å²) in [5.41, 5.74) is 5.81. The van der Waals surface area contributed by atoms with Gasteiger partial charge in [-0.05, 0) is 13.0 Å². The van der Waals surface area contributed by atoms with Crippen molar-refractivity contribution in [2.24, 2.45) is 10.2 Å². The van der Waals surface area contributed by atoms with Crippen LogP contribution in [0.1, 0.15) is 11.1 Å². The highest BCUT2D eigenvalue weighted by Gasteiger charge is 2.37. The van der Waals surface area contributed by atoms with Crippen molar-refractivity contribution in [1.82, 2.24) is 10.9 Å². The summed E-state index contributed by atoms with van der Waals surface area (Å²) in [6.45, 7) is 1.88. The van der Waals surface area contributed by atoms with Crippen molar-refractivity contribution in [3.8, 4) is 0 Å². The molecule has 0 atom stereocenters. The van der Waals surface area contributed by atoms with E-state index in [2.05, 4.69) is 15.6 Å². The molecule has 0 bridgehead atoms. The zero-order valence-electron chi connectivity index (χ0n) is 8.84. The summed E-state index contributed by atoms with van der Waals surface area (Å²) in [6, 6.07) is 7.19. The number of nitrogens with zero attached hydrogens (tertiary/aromatic N) is 2. The number of hydrogen-bond donors (Lipinski definition) is 2. The molecule has 0 saturated heterocycles. The van der Waals surface area contributed by atoms with Crippen LogP contribution in [0, 0.1) is 6.92 Å². The second kappa shape index (κ2) is 4.08. The first-order chi connectivity index (χ1) is 7.97. The number of hydrogen-bond acceptors (Lipinski definition) is 4. The fraction of sp³-hybridized carbons (Fsp3) is 0.200. The lowest BCUT2D eigenvalue weighted by molar-refractivity contribution is -0.0623. The first-order valence-electron chi connectivity index (χ1n) is 4.78. The van der Waals surface area contributed by atoms with Gasteiger partial charge in [0.1, 0.15) is 0 Å². The number of amidine groups is 2. The van der Waals surface area contributed by atoms with Gasteiger partial charge >= 0.3 is 6.18 Å². The second-order valence-corrected chi connectivity index (χ2v) is 3.51. The molecule has 0 aliphatic carbocycles. The summed E-state index contributed by atoms with van der Waals surface area (Å²) in [5.74, 6) is -0.907. The lowest BCUT2D eigenvalue weighted by Crippen LogP contribution is -2.42. The third-order valence-corrected chi connectivity index (χ3v) is 2.11. The maximum Gasteiger partial charge on any atom is 0.452 e. The Morgan fingerprint density at radius 3 is 2.41 bits per heavy atom. The van der Waals surface area contributed by atoms with Crippen LogP contribution in [-0.4, -0.2) is 17.8 Å². The van der Waals surface area contributed by atoms with Crippen molar-refractivity contribution in [3.63, 3.8) is 0 Å². The fourth-order valence-electron chi connectivity index (χ4n) is 1.32. The maximum absolute atomic E-state index is 12.2. The van der Waals surface area contributed by atoms with E-state index in [9.17, 15) is 13.2 Å². The number of nitrogens with one attached hydrogen (secondary N) is 2. The van der Waals surface area contributed by atoms with E-state index in [1.54, 1.807) is 18.2 Å². The molecule has 1 aliphatic rings. The van der Waals surface area contributed by atoms with E-state index in [1.165, 1.54) is 0 Å². The van der Waals surface area contributed by atoms with E-state index in [0.717, 1.165) is 5.56 Å². The molecule has 1 aromatic carbocycles. The monoisotopic (exact) mass is 242 g/mol. The molecule has 7 heteroatoms. The van der Waals surface area contributed by atoms with E-state index in [0.29, 0.717) is 5.56 Å². The number of benzene rings is 1. The Bertz CT molecular complexity index is 491. The van der Waals surface area contributed by atoms with Crippen LogP contribution < -0.4 is 10.9 Å². The third-order valence-electron chi connectivity index (χ3n) is 2.11. The molecule has 1 heterocycles. The number of alkyl halides is 3. The summed E-state index contributed by atoms with van der Waals surface area (Å²) in [7, 11) is 0. The SMILES string of the molecule is Cc1cccc(C2=NNC(C(F)(F)F)=NN2)c1. The molecular formula is C10H9F3N4. The molecule has 2 rings (SSSR count). The molecule has 0 amide bonds. The molecule has 90 valence electrons. The Balaban J connectivity index is 2.16. The highest BCUT2D eigenvalue weighted by Crippen LogP contribution is 2.16. The molecule has 0 spiro atoms. The quantitative estimate of drug-likeness (QED) is 0.787. The lowest BCUT2D eigenvalue weighted by atomic mass is 10.1. The zero-order valence-corrected chi connectivity index (χ0v) is 8.84. The van der Waals surface area contributed by atoms with Crippen LogP contribution in [0.15, 0.2) is 34.5 Å². The highest BCUT2D eigenvalue weighted by molar-refractivity contribution is 6.02. The first kappa shape index (κ1) is 11.4. The van der Waals surface area contributed by atoms with E-state index >= 15 is 0 Å². The van der Waals surface area contributed by atoms with Gasteiger partial charge in [-0.25, -0.2) is 0 Å². The van der Waals surface area contributed by atoms with Gasteiger partial charge in [0.25, 0.3) is 0 Å². The highest BCUT2D eigenvalue weighted by atomic mass is 19.4. The van der Waals surface area contributed by atoms with Crippen LogP contribution in [0.2, 0.25) is 0 Å². The van der Waals surface area contributed by atoms with E-state index in [1.807, 2.05) is 18.4 Å². The fourth-order valence-corrected chi connectivity index (χ4v) is 1.32. The summed E-state index contributed by atoms with van der Waals surface area (Å²) >= 11 is 0. The topological polar surface area (TPSA) is 48.8 Å². The van der Waals surface area contributed by atoms with Crippen molar-refractivity contribution >= 4 is 11.7 Å². The Morgan fingerprint density at radius 2 is 1.88 bits per heavy atom. The van der Waals surface area contributed by atoms with Crippen molar-refractivity contribution in [3.05, 3.63) is 35.4 Å². The lowest BCUT2D eigenvalue weighted by Gasteiger charge is -2.16. The molecule has 0 saturated carbocycles. The van der Waals surface area contributed by atoms with Crippen molar-refractivity contribution < 1.29 is 13.2 Å². The van der Waals surface area contributed by atoms with Crippen LogP contribution in [0.4, 0.5) is 13.2 Å². The van der Waals surface area contributed by atoms with Crippen LogP contribution in [0.3, 0.4) is 0 Å². The molecular weight excluding hydrogens is 233 g/mol. The van der Waals surface area contributed by atoms with Gasteiger partial charge < -0.3 is 0 Å². The van der Waals surface area contributed by atoms with Gasteiger partial charge in [-0.3, -0.25) is 10.9 Å². The average molecular weight is 242 g/mol. The van der Waals surface area contributed by atoms with Gasteiger partial charge in [0.05, 0.1) is 0 Å². The van der Waals surface area contributed by atoms with Gasteiger partial charge in [-0.2, -0.15) is 18.3 Å². The Labute approximate surface area is 95.2 Å². The van der Waals surface area contributed by atoms with Gasteiger partial charge in [-0.15, -0.1) is 5.10 Å². The summed E-state index contributed by atoms with van der Waals surface area (Å²) in [4.78, 5) is 0. The van der Waals surface area contributed by atoms with Gasteiger partial charge in [0, 0.05) is 5.56 Å². The third kappa shape index (κ3) is 2.55. The standard InChI is InChI=1S/C10H9F3N4/c1-6-3-2-4-7(5-6)8-14-16-9(17-15-8)10(11,12)13/h2-5H,1H3,(H,14,15)(H,16,17). The van der Waals surface area contributed by atoms with Crippen LogP contribution in [0.5, 0.6) is 0 Å². The Hall–Kier alpha value is -2.05. The first-order valence-corrected chi connectivity index (χ1v) is 4.78. The molecule has 0 fully saturated rings. The minimum atomic E-state index is -4.53. The Kier molecular flexibility index (Phi) is 2.74. The van der Waals surface area contributed by atoms with E-state index < -0.39 is 12.0 Å². The van der Waals surface area contributed by atoms with E-state index in [-0.39, 0.29) is 5.84 Å². The predicted molar refractivity (Wildman–Crippen MR) is 57.5 cm³/mol. The number of hydrazone groups is 2. The molecule has 1 aromatic rings. The molecule has 1 aliphatic heterocycles. The molecule has 0 aromatic heterocycles. The second-order valence-electron chi connectivity index (χ2n) is 3.51. The summed E-state index contributed by atoms with van der Waals surface area (Å²) in [5, 5.41) is 6.78. The Morgan fingerprint density at radius 1 is 1.12 bits per heavy atom. The van der Waals surface area contributed by atoms with Gasteiger partial charge in [0.15, 0.2) is 5.84 Å². The summed E-state index contributed by atoms with van der Waals surface area (Å²) < 4.78 is 36.7. The van der Waals surface area contributed by atoms with Gasteiger partial charge in [-0.1, -0.05) is 23.8 Å². The molecule has 2 N–H and O–H groups in total. The largest absolute Gasteiger partial charge is 0.452 e. The van der Waals surface area contributed by atoms with Crippen molar-refractivity contribution in [2.45, 2.75) is 13.1 Å². The zero-order chi connectivity index (χ0) is 12.5. The van der Waals surface area contributed by atoms with Crippen LogP contribution in [0.25, 0.3) is 0 Å². The minimum absolute atomic E-state index is 0.252. The van der Waals surface area contributed by atoms with Gasteiger partial charge in [0.2, 0.25) is 5.84 Å². The minimum Gasteiger partial charge on any atom is -0.257 e. The molecule has 0 radical (unpaired) electrons. The molecule has 0 unspecified atom stereocenters. The number of aryl methyl sites for hydroxylation is 1. The van der Waals surface area contributed by atoms with Crippen LogP contribution >= 0.6 is 0 Å². The van der Waals surface area contributed by atoms with Crippen molar-refractivity contribution in [2.75, 3.05) is 0 Å². The van der Waals surface area contributed by atoms with Crippen molar-refractivity contribution in [1.29, 1.82) is 0 Å². The maximum atomic E-state index is 12.2. The normalized spacial score (nSPS) is 15.5.